The van der Waals surface area contributed by atoms with Gasteiger partial charge >= 0.3 is 0 Å². The van der Waals surface area contributed by atoms with Crippen LogP contribution in [-0.2, 0) is 0 Å². The smallest absolute Gasteiger partial charge is 0.138 e. The number of nitrogen functional groups attached to an aromatic ring is 1. The Kier molecular flexibility index (Phi) is 4.19. The fourth-order valence-electron chi connectivity index (χ4n) is 0.823. The Labute approximate surface area is 74.0 Å². The molecule has 0 saturated heterocycles. The van der Waals surface area contributed by atoms with Gasteiger partial charge in [0.15, 0.2) is 0 Å². The van der Waals surface area contributed by atoms with Gasteiger partial charge in [-0.3, -0.25) is 0 Å². The van der Waals surface area contributed by atoms with Gasteiger partial charge in [-0.05, 0) is 31.0 Å². The van der Waals surface area contributed by atoms with Crippen LogP contribution in [0.3, 0.4) is 0 Å². The van der Waals surface area contributed by atoms with Crippen molar-refractivity contribution < 1.29 is 5.11 Å². The van der Waals surface area contributed by atoms with E-state index >= 15 is 0 Å². The normalized spacial score (nSPS) is 8.67. The maximum absolute atomic E-state index is 9.10. The highest BCUT2D eigenvalue weighted by atomic mass is 16.3. The number of phenols is 1. The van der Waals surface area contributed by atoms with Crippen LogP contribution < -0.4 is 5.73 Å². The zero-order valence-electron chi connectivity index (χ0n) is 8.18. The second kappa shape index (κ2) is 4.65. The van der Waals surface area contributed by atoms with E-state index in [-0.39, 0.29) is 5.75 Å². The Hall–Kier alpha value is -1.18. The zero-order valence-corrected chi connectivity index (χ0v) is 8.18. The van der Waals surface area contributed by atoms with Crippen molar-refractivity contribution in [2.75, 3.05) is 5.73 Å². The molecule has 0 aliphatic carbocycles. The number of nitrogens with two attached hydrogens (primary N) is 1. The number of aryl methyl sites for hydroxylation is 1. The molecule has 0 aliphatic rings. The van der Waals surface area contributed by atoms with Gasteiger partial charge in [0.05, 0.1) is 5.69 Å². The molecular formula is C10H17NO. The molecule has 2 heteroatoms. The molecular weight excluding hydrogens is 150 g/mol. The minimum Gasteiger partial charge on any atom is -0.506 e. The van der Waals surface area contributed by atoms with Crippen LogP contribution in [-0.4, -0.2) is 5.11 Å². The number of hydrogen-bond donors (Lipinski definition) is 2. The third-order valence-corrected chi connectivity index (χ3v) is 1.76. The summed E-state index contributed by atoms with van der Waals surface area (Å²) in [6.45, 7) is 7.86. The maximum atomic E-state index is 9.10. The summed E-state index contributed by atoms with van der Waals surface area (Å²) in [5.74, 6) is 0.170. The van der Waals surface area contributed by atoms with Crippen molar-refractivity contribution in [3.05, 3.63) is 23.3 Å². The molecule has 0 heterocycles. The first-order valence-electron chi connectivity index (χ1n) is 4.17. The molecule has 0 saturated carbocycles. The van der Waals surface area contributed by atoms with E-state index in [1.165, 1.54) is 0 Å². The predicted octanol–water partition coefficient (Wildman–Crippen LogP) is 2.62. The molecule has 0 fully saturated rings. The van der Waals surface area contributed by atoms with Gasteiger partial charge in [0.25, 0.3) is 0 Å². The van der Waals surface area contributed by atoms with Gasteiger partial charge < -0.3 is 10.8 Å². The van der Waals surface area contributed by atoms with Gasteiger partial charge in [-0.15, -0.1) is 0 Å². The van der Waals surface area contributed by atoms with Crippen LogP contribution in [0.15, 0.2) is 12.1 Å². The maximum Gasteiger partial charge on any atom is 0.138 e. The van der Waals surface area contributed by atoms with E-state index in [0.29, 0.717) is 5.69 Å². The molecule has 3 N–H and O–H groups in total. The highest BCUT2D eigenvalue weighted by molar-refractivity contribution is 5.59. The van der Waals surface area contributed by atoms with Crippen LogP contribution in [0.5, 0.6) is 5.75 Å². The second-order valence-electron chi connectivity index (χ2n) is 2.44. The molecule has 1 aromatic carbocycles. The molecule has 0 amide bonds. The topological polar surface area (TPSA) is 46.2 Å². The Bertz CT molecular complexity index is 229. The largest absolute Gasteiger partial charge is 0.506 e. The van der Waals surface area contributed by atoms with Crippen LogP contribution in [0.4, 0.5) is 5.69 Å². The minimum absolute atomic E-state index is 0.170. The van der Waals surface area contributed by atoms with Gasteiger partial charge in [-0.2, -0.15) is 0 Å². The average Bonchev–Trinajstić information content (AvgIpc) is 2.12. The lowest BCUT2D eigenvalue weighted by Crippen LogP contribution is -1.91. The SMILES string of the molecule is CC.Cc1ccc(O)c(N)c1C. The van der Waals surface area contributed by atoms with Gasteiger partial charge in [0, 0.05) is 0 Å². The van der Waals surface area contributed by atoms with E-state index in [2.05, 4.69) is 0 Å². The van der Waals surface area contributed by atoms with E-state index < -0.39 is 0 Å². The van der Waals surface area contributed by atoms with Crippen molar-refractivity contribution in [2.24, 2.45) is 0 Å². The average molecular weight is 167 g/mol. The van der Waals surface area contributed by atoms with Crippen LogP contribution in [0.25, 0.3) is 0 Å². The summed E-state index contributed by atoms with van der Waals surface area (Å²) in [6.07, 6.45) is 0. The summed E-state index contributed by atoms with van der Waals surface area (Å²) in [7, 11) is 0. The molecule has 68 valence electrons. The minimum atomic E-state index is 0.170. The third-order valence-electron chi connectivity index (χ3n) is 1.76. The molecule has 0 aromatic heterocycles. The molecule has 1 rings (SSSR count). The molecule has 12 heavy (non-hydrogen) atoms. The quantitative estimate of drug-likeness (QED) is 0.461. The van der Waals surface area contributed by atoms with Gasteiger partial charge in [-0.25, -0.2) is 0 Å². The predicted molar refractivity (Wildman–Crippen MR) is 53.3 cm³/mol. The van der Waals surface area contributed by atoms with Crippen molar-refractivity contribution in [3.8, 4) is 5.75 Å². The number of aromatic hydroxyl groups is 1. The monoisotopic (exact) mass is 167 g/mol. The zero-order chi connectivity index (χ0) is 9.72. The number of phenolic OH excluding ortho intramolecular Hbond substituents is 1. The summed E-state index contributed by atoms with van der Waals surface area (Å²) < 4.78 is 0. The van der Waals surface area contributed by atoms with Gasteiger partial charge in [0.2, 0.25) is 0 Å². The van der Waals surface area contributed by atoms with Gasteiger partial charge in [-0.1, -0.05) is 19.9 Å². The van der Waals surface area contributed by atoms with Crippen LogP contribution >= 0.6 is 0 Å². The first-order valence-corrected chi connectivity index (χ1v) is 4.17. The Balaban J connectivity index is 0.000000561. The first-order chi connectivity index (χ1) is 5.63. The van der Waals surface area contributed by atoms with E-state index in [1.807, 2.05) is 33.8 Å². The molecule has 1 aromatic rings. The molecule has 0 bridgehead atoms. The summed E-state index contributed by atoms with van der Waals surface area (Å²) in [4.78, 5) is 0. The van der Waals surface area contributed by atoms with Crippen molar-refractivity contribution in [1.82, 2.24) is 0 Å². The lowest BCUT2D eigenvalue weighted by molar-refractivity contribution is 0.477. The van der Waals surface area contributed by atoms with Crippen LogP contribution in [0, 0.1) is 13.8 Å². The molecule has 0 unspecified atom stereocenters. The standard InChI is InChI=1S/C8H11NO.C2H6/c1-5-3-4-7(10)8(9)6(5)2;1-2/h3-4,10H,9H2,1-2H3;1-2H3. The fourth-order valence-corrected chi connectivity index (χ4v) is 0.823. The van der Waals surface area contributed by atoms with Crippen molar-refractivity contribution in [2.45, 2.75) is 27.7 Å². The Morgan fingerprint density at radius 2 is 1.67 bits per heavy atom. The van der Waals surface area contributed by atoms with Crippen LogP contribution in [0.2, 0.25) is 0 Å². The van der Waals surface area contributed by atoms with E-state index in [0.717, 1.165) is 11.1 Å². The number of anilines is 1. The first kappa shape index (κ1) is 10.8. The summed E-state index contributed by atoms with van der Waals surface area (Å²) >= 11 is 0. The Morgan fingerprint density at radius 3 is 2.08 bits per heavy atom. The number of rotatable bonds is 0. The van der Waals surface area contributed by atoms with Gasteiger partial charge in [0.1, 0.15) is 5.75 Å². The van der Waals surface area contributed by atoms with Crippen LogP contribution in [0.1, 0.15) is 25.0 Å². The summed E-state index contributed by atoms with van der Waals surface area (Å²) in [5.41, 5.74) is 8.08. The molecule has 0 atom stereocenters. The summed E-state index contributed by atoms with van der Waals surface area (Å²) in [6, 6.07) is 3.46. The highest BCUT2D eigenvalue weighted by Gasteiger charge is 2.00. The lowest BCUT2D eigenvalue weighted by Gasteiger charge is -2.04. The van der Waals surface area contributed by atoms with E-state index in [1.54, 1.807) is 6.07 Å². The molecule has 0 radical (unpaired) electrons. The molecule has 0 aliphatic heterocycles. The molecule has 0 spiro atoms. The van der Waals surface area contributed by atoms with E-state index in [4.69, 9.17) is 10.8 Å². The number of hydrogen-bond acceptors (Lipinski definition) is 2. The summed E-state index contributed by atoms with van der Waals surface area (Å²) in [5, 5.41) is 9.10. The highest BCUT2D eigenvalue weighted by Crippen LogP contribution is 2.25. The second-order valence-corrected chi connectivity index (χ2v) is 2.44. The lowest BCUT2D eigenvalue weighted by atomic mass is 10.1. The van der Waals surface area contributed by atoms with Crippen molar-refractivity contribution in [1.29, 1.82) is 0 Å². The van der Waals surface area contributed by atoms with Crippen molar-refractivity contribution >= 4 is 5.69 Å². The fraction of sp³-hybridized carbons (Fsp3) is 0.400. The Morgan fingerprint density at radius 1 is 1.17 bits per heavy atom. The third kappa shape index (κ3) is 2.16. The van der Waals surface area contributed by atoms with Crippen molar-refractivity contribution in [3.63, 3.8) is 0 Å². The number of benzene rings is 1. The van der Waals surface area contributed by atoms with E-state index in [9.17, 15) is 0 Å². The molecule has 2 nitrogen and oxygen atoms in total.